The van der Waals surface area contributed by atoms with E-state index >= 15 is 0 Å². The van der Waals surface area contributed by atoms with E-state index in [4.69, 9.17) is 0 Å². The number of amides is 1. The van der Waals surface area contributed by atoms with Crippen LogP contribution in [0.2, 0.25) is 0 Å². The Bertz CT molecular complexity index is 768. The van der Waals surface area contributed by atoms with Crippen molar-refractivity contribution in [3.05, 3.63) is 59.8 Å². The maximum atomic E-state index is 13.4. The molecule has 0 saturated carbocycles. The number of aromatic amines is 1. The van der Waals surface area contributed by atoms with Gasteiger partial charge in [-0.2, -0.15) is 0 Å². The van der Waals surface area contributed by atoms with Crippen LogP contribution in [0.4, 0.5) is 4.39 Å². The maximum absolute atomic E-state index is 13.4. The fourth-order valence-electron chi connectivity index (χ4n) is 1.87. The minimum atomic E-state index is -0.338. The van der Waals surface area contributed by atoms with Gasteiger partial charge in [0, 0.05) is 18.3 Å². The molecule has 0 aliphatic carbocycles. The molecule has 6 heteroatoms. The molecular formula is C14H11FN4O. The van der Waals surface area contributed by atoms with Crippen LogP contribution in [0.25, 0.3) is 11.2 Å². The van der Waals surface area contributed by atoms with Crippen LogP contribution in [0.1, 0.15) is 15.9 Å². The van der Waals surface area contributed by atoms with Crippen LogP contribution >= 0.6 is 0 Å². The average molecular weight is 270 g/mol. The van der Waals surface area contributed by atoms with E-state index in [1.54, 1.807) is 24.3 Å². The first-order valence-electron chi connectivity index (χ1n) is 6.05. The number of pyridine rings is 1. The van der Waals surface area contributed by atoms with E-state index in [2.05, 4.69) is 20.3 Å². The molecule has 0 fully saturated rings. The van der Waals surface area contributed by atoms with Crippen molar-refractivity contribution < 1.29 is 9.18 Å². The first-order chi connectivity index (χ1) is 9.74. The van der Waals surface area contributed by atoms with E-state index in [9.17, 15) is 9.18 Å². The quantitative estimate of drug-likeness (QED) is 0.765. The van der Waals surface area contributed by atoms with Gasteiger partial charge in [-0.1, -0.05) is 18.2 Å². The van der Waals surface area contributed by atoms with E-state index in [-0.39, 0.29) is 18.3 Å². The zero-order valence-corrected chi connectivity index (χ0v) is 10.4. The summed E-state index contributed by atoms with van der Waals surface area (Å²) in [6.07, 6.45) is 2.96. The lowest BCUT2D eigenvalue weighted by molar-refractivity contribution is 0.0950. The highest BCUT2D eigenvalue weighted by Gasteiger charge is 2.09. The van der Waals surface area contributed by atoms with Gasteiger partial charge >= 0.3 is 0 Å². The topological polar surface area (TPSA) is 70.7 Å². The Labute approximate surface area is 113 Å². The second kappa shape index (κ2) is 5.08. The summed E-state index contributed by atoms with van der Waals surface area (Å²) in [5, 5.41) is 2.66. The maximum Gasteiger partial charge on any atom is 0.253 e. The zero-order chi connectivity index (χ0) is 13.9. The number of carbonyl (C=O) groups is 1. The number of imidazole rings is 1. The molecule has 0 radical (unpaired) electrons. The fraction of sp³-hybridized carbons (Fsp3) is 0.0714. The molecule has 0 aliphatic heterocycles. The van der Waals surface area contributed by atoms with Gasteiger partial charge in [0.15, 0.2) is 5.65 Å². The Kier molecular flexibility index (Phi) is 3.12. The molecule has 0 bridgehead atoms. The van der Waals surface area contributed by atoms with Crippen molar-refractivity contribution in [3.63, 3.8) is 0 Å². The molecule has 0 saturated heterocycles. The Morgan fingerprint density at radius 1 is 1.30 bits per heavy atom. The summed E-state index contributed by atoms with van der Waals surface area (Å²) in [5.74, 6) is -0.646. The number of halogens is 1. The number of aromatic nitrogens is 3. The van der Waals surface area contributed by atoms with Gasteiger partial charge in [0.05, 0.1) is 17.4 Å². The van der Waals surface area contributed by atoms with Gasteiger partial charge in [-0.05, 0) is 12.1 Å². The van der Waals surface area contributed by atoms with Crippen molar-refractivity contribution in [1.29, 1.82) is 0 Å². The van der Waals surface area contributed by atoms with E-state index in [0.717, 1.165) is 0 Å². The number of benzene rings is 1. The number of H-pyrrole nitrogens is 1. The molecule has 2 heterocycles. The number of rotatable bonds is 3. The molecular weight excluding hydrogens is 259 g/mol. The molecule has 1 amide bonds. The third-order valence-electron chi connectivity index (χ3n) is 2.93. The summed E-state index contributed by atoms with van der Waals surface area (Å²) in [5.41, 5.74) is 2.08. The number of nitrogens with zero attached hydrogens (tertiary/aromatic N) is 2. The Morgan fingerprint density at radius 2 is 2.15 bits per heavy atom. The van der Waals surface area contributed by atoms with Gasteiger partial charge in [-0.15, -0.1) is 0 Å². The van der Waals surface area contributed by atoms with Gasteiger partial charge in [0.1, 0.15) is 5.82 Å². The largest absolute Gasteiger partial charge is 0.348 e. The van der Waals surface area contributed by atoms with Gasteiger partial charge in [0.2, 0.25) is 0 Å². The van der Waals surface area contributed by atoms with Gasteiger partial charge in [-0.3, -0.25) is 4.79 Å². The molecule has 0 unspecified atom stereocenters. The lowest BCUT2D eigenvalue weighted by Crippen LogP contribution is -2.23. The number of nitrogens with one attached hydrogen (secondary N) is 2. The highest BCUT2D eigenvalue weighted by atomic mass is 19.1. The summed E-state index contributed by atoms with van der Waals surface area (Å²) in [6.45, 7) is 0.131. The normalized spacial score (nSPS) is 10.7. The molecule has 1 aromatic carbocycles. The summed E-state index contributed by atoms with van der Waals surface area (Å²) >= 11 is 0. The van der Waals surface area contributed by atoms with Crippen LogP contribution in [0.5, 0.6) is 0 Å². The monoisotopic (exact) mass is 270 g/mol. The van der Waals surface area contributed by atoms with Gasteiger partial charge in [-0.25, -0.2) is 14.4 Å². The molecule has 0 aliphatic rings. The minimum Gasteiger partial charge on any atom is -0.348 e. The summed E-state index contributed by atoms with van der Waals surface area (Å²) in [4.78, 5) is 22.9. The van der Waals surface area contributed by atoms with Gasteiger partial charge < -0.3 is 10.3 Å². The second-order valence-corrected chi connectivity index (χ2v) is 4.27. The average Bonchev–Trinajstić information content (AvgIpc) is 2.93. The van der Waals surface area contributed by atoms with Crippen LogP contribution in [-0.4, -0.2) is 20.9 Å². The number of hydrogen-bond donors (Lipinski definition) is 2. The molecule has 2 N–H and O–H groups in total. The van der Waals surface area contributed by atoms with E-state index < -0.39 is 0 Å². The van der Waals surface area contributed by atoms with Gasteiger partial charge in [0.25, 0.3) is 5.91 Å². The molecule has 5 nitrogen and oxygen atoms in total. The number of carbonyl (C=O) groups excluding carboxylic acids is 1. The van der Waals surface area contributed by atoms with Crippen LogP contribution in [-0.2, 0) is 6.54 Å². The molecule has 0 spiro atoms. The van der Waals surface area contributed by atoms with Crippen LogP contribution in [0.15, 0.2) is 42.9 Å². The zero-order valence-electron chi connectivity index (χ0n) is 10.4. The Morgan fingerprint density at radius 3 is 3.00 bits per heavy atom. The highest BCUT2D eigenvalue weighted by molar-refractivity contribution is 5.96. The van der Waals surface area contributed by atoms with Crippen molar-refractivity contribution in [2.24, 2.45) is 0 Å². The standard InChI is InChI=1S/C14H11FN4O/c15-11-4-2-1-3-9(11)6-17-14(20)10-5-12-13(16-7-10)19-8-18-12/h1-5,7-8H,6H2,(H,17,20)(H,16,18,19). The first kappa shape index (κ1) is 12.3. The molecule has 20 heavy (non-hydrogen) atoms. The van der Waals surface area contributed by atoms with Crippen LogP contribution in [0, 0.1) is 5.82 Å². The minimum absolute atomic E-state index is 0.131. The Hall–Kier alpha value is -2.76. The molecule has 3 aromatic rings. The van der Waals surface area contributed by atoms with E-state index in [0.29, 0.717) is 22.3 Å². The first-order valence-corrected chi connectivity index (χ1v) is 6.05. The predicted molar refractivity (Wildman–Crippen MR) is 71.5 cm³/mol. The summed E-state index contributed by atoms with van der Waals surface area (Å²) < 4.78 is 13.4. The summed E-state index contributed by atoms with van der Waals surface area (Å²) in [7, 11) is 0. The van der Waals surface area contributed by atoms with Crippen molar-refractivity contribution >= 4 is 17.1 Å². The molecule has 2 aromatic heterocycles. The number of fused-ring (bicyclic) bond motifs is 1. The van der Waals surface area contributed by atoms with Crippen LogP contribution in [0.3, 0.4) is 0 Å². The van der Waals surface area contributed by atoms with Crippen molar-refractivity contribution in [1.82, 2.24) is 20.3 Å². The lowest BCUT2D eigenvalue weighted by Gasteiger charge is -2.06. The van der Waals surface area contributed by atoms with Crippen molar-refractivity contribution in [2.75, 3.05) is 0 Å². The second-order valence-electron chi connectivity index (χ2n) is 4.27. The molecule has 3 rings (SSSR count). The lowest BCUT2D eigenvalue weighted by atomic mass is 10.2. The highest BCUT2D eigenvalue weighted by Crippen LogP contribution is 2.09. The third kappa shape index (κ3) is 2.35. The Balaban J connectivity index is 1.74. The smallest absolute Gasteiger partial charge is 0.253 e. The van der Waals surface area contributed by atoms with Crippen molar-refractivity contribution in [3.8, 4) is 0 Å². The third-order valence-corrected chi connectivity index (χ3v) is 2.93. The van der Waals surface area contributed by atoms with E-state index in [1.165, 1.54) is 18.6 Å². The summed E-state index contributed by atoms with van der Waals surface area (Å²) in [6, 6.07) is 7.98. The van der Waals surface area contributed by atoms with Crippen molar-refractivity contribution in [2.45, 2.75) is 6.54 Å². The number of hydrogen-bond acceptors (Lipinski definition) is 3. The molecule has 0 atom stereocenters. The van der Waals surface area contributed by atoms with Crippen LogP contribution < -0.4 is 5.32 Å². The predicted octanol–water partition coefficient (Wildman–Crippen LogP) is 2.03. The van der Waals surface area contributed by atoms with E-state index in [1.807, 2.05) is 0 Å². The molecule has 100 valence electrons. The SMILES string of the molecule is O=C(NCc1ccccc1F)c1cnc2nc[nH]c2c1. The fourth-order valence-corrected chi connectivity index (χ4v) is 1.87.